The van der Waals surface area contributed by atoms with Crippen molar-refractivity contribution >= 4 is 52.7 Å². The number of aromatic nitrogens is 2. The number of guanidine groups is 1. The molecule has 1 heterocycles. The van der Waals surface area contributed by atoms with Crippen LogP contribution in [0.1, 0.15) is 32.0 Å². The van der Waals surface area contributed by atoms with E-state index in [0.717, 1.165) is 49.9 Å². The minimum atomic E-state index is 0. The van der Waals surface area contributed by atoms with Gasteiger partial charge in [0.2, 0.25) is 0 Å². The van der Waals surface area contributed by atoms with E-state index in [9.17, 15) is 0 Å². The molecule has 0 amide bonds. The number of hydrogen-bond donors (Lipinski definition) is 2. The number of thioether (sulfide) groups is 1. The summed E-state index contributed by atoms with van der Waals surface area (Å²) in [6.45, 7) is 7.81. The zero-order chi connectivity index (χ0) is 17.9. The molecule has 7 heteroatoms. The van der Waals surface area contributed by atoms with Crippen molar-refractivity contribution in [3.8, 4) is 0 Å². The average molecular weight is 489 g/mol. The molecule has 0 bridgehead atoms. The summed E-state index contributed by atoms with van der Waals surface area (Å²) < 4.78 is 2.29. The summed E-state index contributed by atoms with van der Waals surface area (Å²) in [7, 11) is 0. The van der Waals surface area contributed by atoms with Gasteiger partial charge in [-0.2, -0.15) is 11.8 Å². The Bertz CT molecular complexity index is 671. The number of unbranched alkanes of at least 4 members (excludes halogenated alkanes) is 1. The zero-order valence-electron chi connectivity index (χ0n) is 16.1. The van der Waals surface area contributed by atoms with Crippen molar-refractivity contribution in [2.75, 3.05) is 31.6 Å². The van der Waals surface area contributed by atoms with Crippen molar-refractivity contribution < 1.29 is 0 Å². The van der Waals surface area contributed by atoms with Gasteiger partial charge >= 0.3 is 0 Å². The minimum absolute atomic E-state index is 0. The average Bonchev–Trinajstić information content (AvgIpc) is 2.93. The molecule has 2 rings (SSSR count). The second-order valence-corrected chi connectivity index (χ2v) is 7.03. The van der Waals surface area contributed by atoms with Crippen LogP contribution < -0.4 is 10.6 Å². The summed E-state index contributed by atoms with van der Waals surface area (Å²) >= 11 is 1.91. The molecule has 0 saturated carbocycles. The van der Waals surface area contributed by atoms with Crippen LogP contribution in [0.2, 0.25) is 0 Å². The first kappa shape index (κ1) is 23.1. The van der Waals surface area contributed by atoms with E-state index in [1.54, 1.807) is 0 Å². The van der Waals surface area contributed by atoms with Gasteiger partial charge in [0.1, 0.15) is 5.82 Å². The molecule has 0 radical (unpaired) electrons. The summed E-state index contributed by atoms with van der Waals surface area (Å²) in [6, 6.07) is 8.32. The van der Waals surface area contributed by atoms with E-state index < -0.39 is 0 Å². The zero-order valence-corrected chi connectivity index (χ0v) is 19.3. The molecule has 0 saturated heterocycles. The van der Waals surface area contributed by atoms with Crippen molar-refractivity contribution in [3.05, 3.63) is 30.1 Å². The van der Waals surface area contributed by atoms with E-state index in [-0.39, 0.29) is 24.0 Å². The highest BCUT2D eigenvalue weighted by Gasteiger charge is 2.05. The van der Waals surface area contributed by atoms with Crippen LogP contribution in [0.5, 0.6) is 0 Å². The van der Waals surface area contributed by atoms with Crippen molar-refractivity contribution in [2.24, 2.45) is 4.99 Å². The number of imidazole rings is 1. The number of rotatable bonds is 10. The van der Waals surface area contributed by atoms with E-state index in [1.807, 2.05) is 17.8 Å². The van der Waals surface area contributed by atoms with Crippen LogP contribution in [0.4, 0.5) is 0 Å². The van der Waals surface area contributed by atoms with Gasteiger partial charge in [-0.3, -0.25) is 4.99 Å². The van der Waals surface area contributed by atoms with E-state index in [4.69, 9.17) is 4.99 Å². The molecular weight excluding hydrogens is 457 g/mol. The lowest BCUT2D eigenvalue weighted by molar-refractivity contribution is 0.644. The molecule has 0 spiro atoms. The van der Waals surface area contributed by atoms with Gasteiger partial charge in [0.15, 0.2) is 5.96 Å². The number of hydrogen-bond acceptors (Lipinski definition) is 3. The highest BCUT2D eigenvalue weighted by molar-refractivity contribution is 14.0. The normalized spacial score (nSPS) is 11.4. The number of nitrogens with one attached hydrogen (secondary N) is 2. The Morgan fingerprint density at radius 3 is 2.77 bits per heavy atom. The number of fused-ring (bicyclic) bond motifs is 1. The molecule has 0 aliphatic rings. The summed E-state index contributed by atoms with van der Waals surface area (Å²) in [5.41, 5.74) is 2.28. The predicted molar refractivity (Wildman–Crippen MR) is 126 cm³/mol. The van der Waals surface area contributed by atoms with Crippen LogP contribution in [0.15, 0.2) is 29.3 Å². The van der Waals surface area contributed by atoms with Gasteiger partial charge in [-0.1, -0.05) is 12.1 Å². The fourth-order valence-electron chi connectivity index (χ4n) is 2.82. The molecule has 5 nitrogen and oxygen atoms in total. The Morgan fingerprint density at radius 2 is 2.00 bits per heavy atom. The smallest absolute Gasteiger partial charge is 0.191 e. The molecule has 0 aliphatic heterocycles. The van der Waals surface area contributed by atoms with Gasteiger partial charge in [0, 0.05) is 26.2 Å². The maximum absolute atomic E-state index is 4.70. The van der Waals surface area contributed by atoms with Crippen LogP contribution in [0, 0.1) is 6.92 Å². The number of aliphatic imine (C=N–C) groups is 1. The Hall–Kier alpha value is -0.960. The topological polar surface area (TPSA) is 54.2 Å². The molecule has 1 aromatic heterocycles. The third-order valence-corrected chi connectivity index (χ3v) is 4.76. The third-order valence-electron chi connectivity index (χ3n) is 4.07. The van der Waals surface area contributed by atoms with Crippen molar-refractivity contribution in [3.63, 3.8) is 0 Å². The largest absolute Gasteiger partial charge is 0.357 e. The van der Waals surface area contributed by atoms with E-state index in [1.165, 1.54) is 24.1 Å². The lowest BCUT2D eigenvalue weighted by Gasteiger charge is -2.11. The van der Waals surface area contributed by atoms with Crippen LogP contribution in [-0.4, -0.2) is 47.2 Å². The van der Waals surface area contributed by atoms with E-state index >= 15 is 0 Å². The number of benzene rings is 1. The first-order valence-corrected chi connectivity index (χ1v) is 10.6. The quantitative estimate of drug-likeness (QED) is 0.229. The summed E-state index contributed by atoms with van der Waals surface area (Å²) in [5, 5.41) is 6.75. The van der Waals surface area contributed by atoms with Gasteiger partial charge in [0.05, 0.1) is 11.0 Å². The number of aryl methyl sites for hydroxylation is 2. The van der Waals surface area contributed by atoms with Crippen molar-refractivity contribution in [1.29, 1.82) is 0 Å². The lowest BCUT2D eigenvalue weighted by atomic mass is 10.3. The van der Waals surface area contributed by atoms with Gasteiger partial charge in [0.25, 0.3) is 0 Å². The molecule has 2 N–H and O–H groups in total. The Labute approximate surface area is 178 Å². The summed E-state index contributed by atoms with van der Waals surface area (Å²) in [5.74, 6) is 3.23. The Balaban J connectivity index is 0.00000338. The second-order valence-electron chi connectivity index (χ2n) is 6.04. The molecule has 146 valence electrons. The lowest BCUT2D eigenvalue weighted by Crippen LogP contribution is -2.37. The number of halogens is 1. The first-order chi connectivity index (χ1) is 12.3. The van der Waals surface area contributed by atoms with E-state index in [2.05, 4.69) is 58.5 Å². The maximum Gasteiger partial charge on any atom is 0.191 e. The molecule has 0 unspecified atom stereocenters. The standard InChI is InChI=1S/C19H31N5S.HI/c1-4-20-19(21-12-7-8-15-25-3)22-13-9-14-24-16(2)23-17-10-5-6-11-18(17)24;/h5-6,10-11H,4,7-9,12-15H2,1-3H3,(H2,20,21,22);1H. The SMILES string of the molecule is CCNC(=NCCCn1c(C)nc2ccccc21)NCCCCSC.I. The minimum Gasteiger partial charge on any atom is -0.357 e. The first-order valence-electron chi connectivity index (χ1n) is 9.19. The maximum atomic E-state index is 4.70. The van der Waals surface area contributed by atoms with Crippen molar-refractivity contribution in [1.82, 2.24) is 20.2 Å². The number of nitrogens with zero attached hydrogens (tertiary/aromatic N) is 3. The highest BCUT2D eigenvalue weighted by atomic mass is 127. The van der Waals surface area contributed by atoms with Crippen LogP contribution in [0.3, 0.4) is 0 Å². The molecule has 0 aliphatic carbocycles. The summed E-state index contributed by atoms with van der Waals surface area (Å²) in [6.07, 6.45) is 5.60. The van der Waals surface area contributed by atoms with Crippen LogP contribution in [-0.2, 0) is 6.54 Å². The van der Waals surface area contributed by atoms with Gasteiger partial charge in [-0.25, -0.2) is 4.98 Å². The fraction of sp³-hybridized carbons (Fsp3) is 0.579. The van der Waals surface area contributed by atoms with Crippen LogP contribution >= 0.6 is 35.7 Å². The molecule has 26 heavy (non-hydrogen) atoms. The monoisotopic (exact) mass is 489 g/mol. The molecule has 0 fully saturated rings. The Kier molecular flexibility index (Phi) is 11.8. The van der Waals surface area contributed by atoms with Crippen molar-refractivity contribution in [2.45, 2.75) is 39.7 Å². The number of para-hydroxylation sites is 2. The summed E-state index contributed by atoms with van der Waals surface area (Å²) in [4.78, 5) is 9.32. The van der Waals surface area contributed by atoms with Gasteiger partial charge in [-0.15, -0.1) is 24.0 Å². The molecule has 0 atom stereocenters. The second kappa shape index (κ2) is 13.2. The molecular formula is C19H32IN5S. The highest BCUT2D eigenvalue weighted by Crippen LogP contribution is 2.15. The van der Waals surface area contributed by atoms with E-state index in [0.29, 0.717) is 0 Å². The third kappa shape index (κ3) is 7.34. The van der Waals surface area contributed by atoms with Crippen LogP contribution in [0.25, 0.3) is 11.0 Å². The molecule has 2 aromatic rings. The molecule has 1 aromatic carbocycles. The fourth-order valence-corrected chi connectivity index (χ4v) is 3.31. The Morgan fingerprint density at radius 1 is 1.19 bits per heavy atom. The van der Waals surface area contributed by atoms with Gasteiger partial charge < -0.3 is 15.2 Å². The van der Waals surface area contributed by atoms with Gasteiger partial charge in [-0.05, 0) is 57.3 Å². The predicted octanol–water partition coefficient (Wildman–Crippen LogP) is 4.05.